The topological polar surface area (TPSA) is 252 Å². The number of hydrogen-bond acceptors (Lipinski definition) is 12. The Hall–Kier alpha value is -7.31. The summed E-state index contributed by atoms with van der Waals surface area (Å²) >= 11 is 0. The molecule has 1 heterocycles. The molecule has 1 aliphatic heterocycles. The van der Waals surface area contributed by atoms with Gasteiger partial charge < -0.3 is 40.4 Å². The normalized spacial score (nSPS) is 17.5. The molecule has 7 amide bonds. The van der Waals surface area contributed by atoms with Crippen LogP contribution >= 0.6 is 0 Å². The van der Waals surface area contributed by atoms with Gasteiger partial charge in [-0.05, 0) is 68.9 Å². The number of benzene rings is 3. The maximum Gasteiger partial charge on any atom is 0.414 e. The molecule has 3 aromatic rings. The number of nitrogens with one attached hydrogen (secondary N) is 6. The molecule has 342 valence electrons. The third-order valence-corrected chi connectivity index (χ3v) is 9.42. The van der Waals surface area contributed by atoms with Gasteiger partial charge in [-0.25, -0.2) is 9.59 Å². The first-order valence-electron chi connectivity index (χ1n) is 20.7. The van der Waals surface area contributed by atoms with Crippen molar-refractivity contribution in [2.75, 3.05) is 20.1 Å². The lowest BCUT2D eigenvalue weighted by atomic mass is 10.1. The van der Waals surface area contributed by atoms with Crippen LogP contribution in [0, 0.1) is 0 Å². The predicted octanol–water partition coefficient (Wildman–Crippen LogP) is 2.97. The molecule has 2 bridgehead atoms. The lowest BCUT2D eigenvalue weighted by Crippen LogP contribution is -2.56. The lowest BCUT2D eigenvalue weighted by Gasteiger charge is -2.30. The van der Waals surface area contributed by atoms with E-state index in [-0.39, 0.29) is 57.1 Å². The monoisotopic (exact) mass is 884 g/mol. The number of rotatable bonds is 11. The van der Waals surface area contributed by atoms with Gasteiger partial charge in [0.15, 0.2) is 0 Å². The van der Waals surface area contributed by atoms with Crippen LogP contribution < -0.4 is 31.9 Å². The highest BCUT2D eigenvalue weighted by molar-refractivity contribution is 6.01. The molecule has 1 aliphatic rings. The van der Waals surface area contributed by atoms with Crippen LogP contribution in [0.3, 0.4) is 0 Å². The van der Waals surface area contributed by atoms with Crippen molar-refractivity contribution in [1.29, 1.82) is 0 Å². The van der Waals surface area contributed by atoms with Crippen LogP contribution in [0.4, 0.5) is 9.59 Å². The van der Waals surface area contributed by atoms with Gasteiger partial charge in [0.1, 0.15) is 36.9 Å². The fourth-order valence-corrected chi connectivity index (χ4v) is 6.20. The number of ether oxygens (including phenoxy) is 3. The van der Waals surface area contributed by atoms with Crippen LogP contribution in [0.25, 0.3) is 0 Å². The average molecular weight is 885 g/mol. The summed E-state index contributed by atoms with van der Waals surface area (Å²) in [4.78, 5) is 112. The summed E-state index contributed by atoms with van der Waals surface area (Å²) in [6.45, 7) is 5.69. The minimum Gasteiger partial charge on any atom is -0.460 e. The second-order valence-electron chi connectivity index (χ2n) is 15.7. The van der Waals surface area contributed by atoms with E-state index in [4.69, 9.17) is 14.2 Å². The molecule has 0 radical (unpaired) electrons. The van der Waals surface area contributed by atoms with E-state index < -0.39 is 84.4 Å². The van der Waals surface area contributed by atoms with E-state index in [9.17, 15) is 38.4 Å². The zero-order chi connectivity index (χ0) is 46.6. The smallest absolute Gasteiger partial charge is 0.414 e. The third kappa shape index (κ3) is 16.9. The SMILES string of the molecule is CC[C@H]1NC(=O)c2cccc(c2)CNC(=O)[C@H](CC(=O)OC(C)(C)C)NC(=O)CNC(=O)[C@H](CCCN=C(NC(=O)OCc2ccccc2)NC(=O)OCc2ccccc2)N(C)C1=O. The quantitative estimate of drug-likeness (QED) is 0.0537. The number of carbonyl (C=O) groups is 8. The van der Waals surface area contributed by atoms with Crippen molar-refractivity contribution in [3.8, 4) is 0 Å². The van der Waals surface area contributed by atoms with Crippen molar-refractivity contribution in [2.45, 2.75) is 96.9 Å². The van der Waals surface area contributed by atoms with Crippen LogP contribution in [-0.2, 0) is 57.9 Å². The molecule has 0 aromatic heterocycles. The van der Waals surface area contributed by atoms with Crippen molar-refractivity contribution in [2.24, 2.45) is 4.99 Å². The number of alkyl carbamates (subject to hydrolysis) is 2. The maximum atomic E-state index is 14.0. The minimum absolute atomic E-state index is 0.0561. The summed E-state index contributed by atoms with van der Waals surface area (Å²) in [6, 6.07) is 20.4. The molecule has 0 spiro atoms. The van der Waals surface area contributed by atoms with Gasteiger partial charge in [-0.1, -0.05) is 79.7 Å². The molecule has 19 nitrogen and oxygen atoms in total. The zero-order valence-corrected chi connectivity index (χ0v) is 36.6. The molecular weight excluding hydrogens is 829 g/mol. The number of esters is 1. The summed E-state index contributed by atoms with van der Waals surface area (Å²) in [7, 11) is 1.38. The lowest BCUT2D eigenvalue weighted by molar-refractivity contribution is -0.156. The van der Waals surface area contributed by atoms with Gasteiger partial charge >= 0.3 is 18.2 Å². The Morgan fingerprint density at radius 2 is 1.36 bits per heavy atom. The van der Waals surface area contributed by atoms with E-state index in [0.29, 0.717) is 16.7 Å². The zero-order valence-electron chi connectivity index (χ0n) is 36.6. The van der Waals surface area contributed by atoms with Crippen molar-refractivity contribution in [1.82, 2.24) is 36.8 Å². The highest BCUT2D eigenvalue weighted by Crippen LogP contribution is 2.14. The van der Waals surface area contributed by atoms with Crippen LogP contribution in [0.5, 0.6) is 0 Å². The molecule has 0 fully saturated rings. The number of guanidine groups is 1. The number of amides is 7. The summed E-state index contributed by atoms with van der Waals surface area (Å²) < 4.78 is 16.0. The van der Waals surface area contributed by atoms with E-state index in [1.807, 2.05) is 12.1 Å². The predicted molar refractivity (Wildman–Crippen MR) is 233 cm³/mol. The number of fused-ring (bicyclic) bond motifs is 2. The Balaban J connectivity index is 1.54. The molecule has 3 aromatic carbocycles. The Bertz CT molecular complexity index is 2080. The van der Waals surface area contributed by atoms with Crippen molar-refractivity contribution in [3.63, 3.8) is 0 Å². The average Bonchev–Trinajstić information content (AvgIpc) is 3.26. The van der Waals surface area contributed by atoms with E-state index >= 15 is 0 Å². The fraction of sp³-hybridized carbons (Fsp3) is 0.400. The van der Waals surface area contributed by atoms with Crippen LogP contribution in [0.1, 0.15) is 80.4 Å². The summed E-state index contributed by atoms with van der Waals surface area (Å²) in [5, 5.41) is 15.2. The minimum atomic E-state index is -1.39. The third-order valence-electron chi connectivity index (χ3n) is 9.42. The van der Waals surface area contributed by atoms with Gasteiger partial charge in [0.05, 0.1) is 13.0 Å². The number of nitrogens with zero attached hydrogens (tertiary/aromatic N) is 2. The van der Waals surface area contributed by atoms with E-state index in [2.05, 4.69) is 36.9 Å². The molecule has 0 aliphatic carbocycles. The number of hydrogen-bond donors (Lipinski definition) is 6. The van der Waals surface area contributed by atoms with Gasteiger partial charge in [0, 0.05) is 25.7 Å². The van der Waals surface area contributed by atoms with Gasteiger partial charge in [0.25, 0.3) is 5.91 Å². The maximum absolute atomic E-state index is 14.0. The first-order valence-corrected chi connectivity index (χ1v) is 20.7. The molecule has 6 N–H and O–H groups in total. The van der Waals surface area contributed by atoms with Gasteiger partial charge in [-0.2, -0.15) is 0 Å². The Labute approximate surface area is 371 Å². The summed E-state index contributed by atoms with van der Waals surface area (Å²) in [6.07, 6.45) is -2.19. The molecule has 19 heteroatoms. The van der Waals surface area contributed by atoms with Crippen molar-refractivity contribution < 1.29 is 52.6 Å². The highest BCUT2D eigenvalue weighted by Gasteiger charge is 2.33. The van der Waals surface area contributed by atoms with Crippen molar-refractivity contribution >= 4 is 53.7 Å². The van der Waals surface area contributed by atoms with Gasteiger partial charge in [-0.3, -0.25) is 44.4 Å². The van der Waals surface area contributed by atoms with Crippen molar-refractivity contribution in [3.05, 3.63) is 107 Å². The second kappa shape index (κ2) is 24.4. The number of likely N-dealkylation sites (N-methyl/N-ethyl adjacent to an activating group) is 1. The first kappa shape index (κ1) is 49.3. The summed E-state index contributed by atoms with van der Waals surface area (Å²) in [5.74, 6) is -4.53. The number of aliphatic imine (C=N–C) groups is 1. The van der Waals surface area contributed by atoms with E-state index in [1.54, 1.807) is 88.4 Å². The Morgan fingerprint density at radius 3 is 1.94 bits per heavy atom. The van der Waals surface area contributed by atoms with Crippen LogP contribution in [-0.4, -0.2) is 102 Å². The molecule has 3 atom stereocenters. The Morgan fingerprint density at radius 1 is 0.766 bits per heavy atom. The largest absolute Gasteiger partial charge is 0.460 e. The summed E-state index contributed by atoms with van der Waals surface area (Å²) in [5.41, 5.74) is 1.27. The highest BCUT2D eigenvalue weighted by atomic mass is 16.6. The van der Waals surface area contributed by atoms with E-state index in [1.165, 1.54) is 19.2 Å². The second-order valence-corrected chi connectivity index (χ2v) is 15.7. The Kier molecular flexibility index (Phi) is 18.8. The van der Waals surface area contributed by atoms with Gasteiger partial charge in [0.2, 0.25) is 29.6 Å². The number of carbonyl (C=O) groups excluding carboxylic acids is 8. The molecule has 0 saturated carbocycles. The standard InChI is InChI=1S/C45H56N8O11/c1-6-33-41(59)53(5)35(21-14-22-46-42(51-43(60)62-27-29-15-9-7-10-16-29)52-44(61)63-28-30-17-11-8-12-18-30)40(58)48-26-36(54)49-34(24-37(55)64-45(2,3)4)39(57)47-25-31-19-13-20-32(23-31)38(56)50-33/h7-13,15-20,23,33-35H,6,14,21-22,24-28H2,1-5H3,(H,47,57)(H,48,58)(H,49,54)(H,50,56)(H2,46,51,52,60,61)/t33-,34+,35+/m1/s1. The molecule has 4 rings (SSSR count). The molecule has 64 heavy (non-hydrogen) atoms. The first-order chi connectivity index (χ1) is 30.5. The molecular formula is C45H56N8O11. The molecule has 0 unspecified atom stereocenters. The van der Waals surface area contributed by atoms with E-state index in [0.717, 1.165) is 4.90 Å². The van der Waals surface area contributed by atoms with Crippen LogP contribution in [0.2, 0.25) is 0 Å². The fourth-order valence-electron chi connectivity index (χ4n) is 6.20. The molecule has 0 saturated heterocycles. The van der Waals surface area contributed by atoms with Gasteiger partial charge in [-0.15, -0.1) is 0 Å². The van der Waals surface area contributed by atoms with Crippen LogP contribution in [0.15, 0.2) is 89.9 Å².